The molecule has 0 spiro atoms. The van der Waals surface area contributed by atoms with E-state index in [0.717, 1.165) is 41.4 Å². The van der Waals surface area contributed by atoms with E-state index >= 15 is 0 Å². The van der Waals surface area contributed by atoms with Crippen LogP contribution in [0.1, 0.15) is 26.1 Å². The van der Waals surface area contributed by atoms with Gasteiger partial charge in [0.25, 0.3) is 5.56 Å². The summed E-state index contributed by atoms with van der Waals surface area (Å²) < 4.78 is 5.52. The highest BCUT2D eigenvalue weighted by molar-refractivity contribution is 7.17. The van der Waals surface area contributed by atoms with Gasteiger partial charge in [0.1, 0.15) is 11.4 Å². The third kappa shape index (κ3) is 4.54. The second-order valence-corrected chi connectivity index (χ2v) is 7.12. The summed E-state index contributed by atoms with van der Waals surface area (Å²) in [6.45, 7) is 6.47. The molecule has 25 heavy (non-hydrogen) atoms. The van der Waals surface area contributed by atoms with Gasteiger partial charge in [-0.15, -0.1) is 11.3 Å². The number of hydrogen-bond donors (Lipinski definition) is 2. The van der Waals surface area contributed by atoms with E-state index in [1.165, 1.54) is 11.3 Å². The molecular formula is C19H24N3O2S+. The number of thiophene rings is 1. The van der Waals surface area contributed by atoms with Crippen LogP contribution in [0.3, 0.4) is 0 Å². The smallest absolute Gasteiger partial charge is 0.260 e. The van der Waals surface area contributed by atoms with E-state index in [9.17, 15) is 4.79 Å². The Hall–Kier alpha value is -2.02. The lowest BCUT2D eigenvalue weighted by Crippen LogP contribution is -2.83. The zero-order valence-corrected chi connectivity index (χ0v) is 15.4. The maximum Gasteiger partial charge on any atom is 0.260 e. The molecule has 0 aliphatic carbocycles. The Balaban J connectivity index is 1.68. The van der Waals surface area contributed by atoms with Crippen molar-refractivity contribution in [2.75, 3.05) is 13.2 Å². The first-order chi connectivity index (χ1) is 12.1. The Morgan fingerprint density at radius 2 is 2.08 bits per heavy atom. The number of aromatic amines is 1. The second kappa shape index (κ2) is 8.38. The molecular weight excluding hydrogens is 334 g/mol. The second-order valence-electron chi connectivity index (χ2n) is 6.26. The third-order valence-corrected chi connectivity index (χ3v) is 4.79. The summed E-state index contributed by atoms with van der Waals surface area (Å²) in [5.41, 5.74) is 1.94. The van der Waals surface area contributed by atoms with E-state index in [0.29, 0.717) is 11.9 Å². The van der Waals surface area contributed by atoms with Gasteiger partial charge in [-0.05, 0) is 19.4 Å². The van der Waals surface area contributed by atoms with E-state index in [1.54, 1.807) is 0 Å². The van der Waals surface area contributed by atoms with Gasteiger partial charge >= 0.3 is 0 Å². The molecule has 0 atom stereocenters. The molecule has 0 aliphatic heterocycles. The van der Waals surface area contributed by atoms with Crippen molar-refractivity contribution in [1.82, 2.24) is 9.97 Å². The molecule has 0 amide bonds. The van der Waals surface area contributed by atoms with Crippen molar-refractivity contribution in [2.45, 2.75) is 32.9 Å². The van der Waals surface area contributed by atoms with Crippen LogP contribution in [0.2, 0.25) is 0 Å². The molecule has 6 heteroatoms. The van der Waals surface area contributed by atoms with Crippen LogP contribution in [0.5, 0.6) is 0 Å². The first-order valence-corrected chi connectivity index (χ1v) is 9.52. The zero-order valence-electron chi connectivity index (χ0n) is 14.6. The fraction of sp³-hybridized carbons (Fsp3) is 0.368. The van der Waals surface area contributed by atoms with Crippen molar-refractivity contribution in [1.29, 1.82) is 0 Å². The molecule has 2 heterocycles. The average Bonchev–Trinajstić information content (AvgIpc) is 3.03. The molecule has 0 bridgehead atoms. The van der Waals surface area contributed by atoms with Crippen LogP contribution in [-0.2, 0) is 11.3 Å². The summed E-state index contributed by atoms with van der Waals surface area (Å²) >= 11 is 1.52. The number of rotatable bonds is 8. The van der Waals surface area contributed by atoms with Crippen molar-refractivity contribution in [3.63, 3.8) is 0 Å². The van der Waals surface area contributed by atoms with Crippen LogP contribution in [0, 0.1) is 0 Å². The minimum absolute atomic E-state index is 0.0587. The number of nitrogens with one attached hydrogen (secondary N) is 1. The number of quaternary nitrogens is 1. The van der Waals surface area contributed by atoms with E-state index < -0.39 is 0 Å². The van der Waals surface area contributed by atoms with Gasteiger partial charge in [-0.3, -0.25) is 4.79 Å². The Morgan fingerprint density at radius 3 is 2.84 bits per heavy atom. The number of ether oxygens (including phenoxy) is 1. The molecule has 2 aromatic heterocycles. The number of fused-ring (bicyclic) bond motifs is 1. The monoisotopic (exact) mass is 358 g/mol. The van der Waals surface area contributed by atoms with Gasteiger partial charge < -0.3 is 15.0 Å². The summed E-state index contributed by atoms with van der Waals surface area (Å²) in [5.74, 6) is 0.726. The number of nitrogens with zero attached hydrogens (tertiary/aromatic N) is 1. The fourth-order valence-corrected chi connectivity index (χ4v) is 3.67. The van der Waals surface area contributed by atoms with Crippen molar-refractivity contribution < 1.29 is 10.1 Å². The van der Waals surface area contributed by atoms with Gasteiger partial charge in [-0.1, -0.05) is 30.3 Å². The molecule has 132 valence electrons. The summed E-state index contributed by atoms with van der Waals surface area (Å²) in [6, 6.07) is 9.96. The van der Waals surface area contributed by atoms with E-state index in [4.69, 9.17) is 4.74 Å². The van der Waals surface area contributed by atoms with Crippen molar-refractivity contribution in [3.05, 3.63) is 51.9 Å². The molecule has 0 saturated carbocycles. The maximum absolute atomic E-state index is 12.5. The highest BCUT2D eigenvalue weighted by Gasteiger charge is 2.13. The van der Waals surface area contributed by atoms with Gasteiger partial charge in [-0.25, -0.2) is 4.98 Å². The Bertz CT molecular complexity index is 871. The van der Waals surface area contributed by atoms with Gasteiger partial charge in [0.05, 0.1) is 24.6 Å². The van der Waals surface area contributed by atoms with Crippen LogP contribution in [0.15, 0.2) is 40.5 Å². The number of nitrogens with two attached hydrogens (primary N) is 1. The molecule has 5 nitrogen and oxygen atoms in total. The number of benzene rings is 1. The normalized spacial score (nSPS) is 11.5. The van der Waals surface area contributed by atoms with Crippen LogP contribution in [0.25, 0.3) is 21.3 Å². The quantitative estimate of drug-likeness (QED) is 0.608. The molecule has 0 fully saturated rings. The van der Waals surface area contributed by atoms with E-state index in [2.05, 4.69) is 15.3 Å². The van der Waals surface area contributed by atoms with E-state index in [1.807, 2.05) is 49.6 Å². The average molecular weight is 358 g/mol. The summed E-state index contributed by atoms with van der Waals surface area (Å²) in [5, 5.41) is 4.85. The largest absolute Gasteiger partial charge is 0.379 e. The Kier molecular flexibility index (Phi) is 5.96. The molecule has 0 unspecified atom stereocenters. The molecule has 3 aromatic rings. The number of aromatic nitrogens is 2. The van der Waals surface area contributed by atoms with Crippen molar-refractivity contribution >= 4 is 21.6 Å². The van der Waals surface area contributed by atoms with Crippen LogP contribution in [0.4, 0.5) is 0 Å². The van der Waals surface area contributed by atoms with Gasteiger partial charge in [-0.2, -0.15) is 0 Å². The molecule has 0 saturated heterocycles. The van der Waals surface area contributed by atoms with Crippen LogP contribution in [-0.4, -0.2) is 29.2 Å². The van der Waals surface area contributed by atoms with Gasteiger partial charge in [0.2, 0.25) is 0 Å². The Morgan fingerprint density at radius 1 is 1.28 bits per heavy atom. The predicted octanol–water partition coefficient (Wildman–Crippen LogP) is 2.53. The highest BCUT2D eigenvalue weighted by atomic mass is 32.1. The summed E-state index contributed by atoms with van der Waals surface area (Å²) in [6.07, 6.45) is 1.26. The lowest BCUT2D eigenvalue weighted by Gasteiger charge is -2.06. The number of hydrogen-bond acceptors (Lipinski definition) is 4. The topological polar surface area (TPSA) is 71.6 Å². The van der Waals surface area contributed by atoms with Crippen LogP contribution < -0.4 is 10.9 Å². The first kappa shape index (κ1) is 17.8. The molecule has 0 aliphatic rings. The highest BCUT2D eigenvalue weighted by Crippen LogP contribution is 2.30. The fourth-order valence-electron chi connectivity index (χ4n) is 2.71. The van der Waals surface area contributed by atoms with E-state index in [-0.39, 0.29) is 11.7 Å². The maximum atomic E-state index is 12.5. The molecule has 0 radical (unpaired) electrons. The number of H-pyrrole nitrogens is 1. The summed E-state index contributed by atoms with van der Waals surface area (Å²) in [7, 11) is 0. The lowest BCUT2D eigenvalue weighted by molar-refractivity contribution is -0.672. The minimum Gasteiger partial charge on any atom is -0.379 e. The van der Waals surface area contributed by atoms with Crippen LogP contribution >= 0.6 is 11.3 Å². The van der Waals surface area contributed by atoms with Gasteiger partial charge in [0.15, 0.2) is 5.82 Å². The Labute approximate surface area is 151 Å². The molecule has 3 rings (SSSR count). The molecule has 1 aromatic carbocycles. The standard InChI is InChI=1S/C19H23N3O2S/c1-13(2)24-10-6-9-20-11-16-21-18(23)17-15(12-25-19(17)22-16)14-7-4-3-5-8-14/h3-5,7-8,12-13,20H,6,9-11H2,1-2H3,(H,21,22,23)/p+1. The SMILES string of the molecule is CC(C)OCCC[NH2+]Cc1nc2scc(-c3ccccc3)c2c(=O)[nH]1. The summed E-state index contributed by atoms with van der Waals surface area (Å²) in [4.78, 5) is 20.9. The lowest BCUT2D eigenvalue weighted by atomic mass is 10.1. The first-order valence-electron chi connectivity index (χ1n) is 8.64. The predicted molar refractivity (Wildman–Crippen MR) is 102 cm³/mol. The van der Waals surface area contributed by atoms with Crippen molar-refractivity contribution in [2.24, 2.45) is 0 Å². The molecule has 3 N–H and O–H groups in total. The zero-order chi connectivity index (χ0) is 17.6. The third-order valence-electron chi connectivity index (χ3n) is 3.92. The van der Waals surface area contributed by atoms with Gasteiger partial charge in [0, 0.05) is 17.4 Å². The minimum atomic E-state index is -0.0587. The van der Waals surface area contributed by atoms with Crippen molar-refractivity contribution in [3.8, 4) is 11.1 Å².